The smallest absolute Gasteiger partial charge is 1.00 e. The molecule has 0 spiro atoms. The summed E-state index contributed by atoms with van der Waals surface area (Å²) in [6.07, 6.45) is 10.7. The summed E-state index contributed by atoms with van der Waals surface area (Å²) in [4.78, 5) is 0. The topological polar surface area (TPSA) is 0 Å². The minimum atomic E-state index is 0. The Morgan fingerprint density at radius 1 is 1.04 bits per heavy atom. The van der Waals surface area contributed by atoms with E-state index in [-0.39, 0.29) is 51.0 Å². The second-order valence-corrected chi connectivity index (χ2v) is 6.54. The summed E-state index contributed by atoms with van der Waals surface area (Å²) in [6, 6.07) is 8.98. The van der Waals surface area contributed by atoms with Crippen LogP contribution in [0.25, 0.3) is 10.8 Å². The van der Waals surface area contributed by atoms with Crippen LogP contribution in [0.3, 0.4) is 0 Å². The van der Waals surface area contributed by atoms with Gasteiger partial charge in [-0.1, -0.05) is 63.6 Å². The maximum atomic E-state index is 3.37. The van der Waals surface area contributed by atoms with E-state index in [1.165, 1.54) is 57.9 Å². The third kappa shape index (κ3) is 8.33. The van der Waals surface area contributed by atoms with Gasteiger partial charge in [-0.05, 0) is 13.8 Å². The molecule has 2 aromatic carbocycles. The number of hydrogen-bond donors (Lipinski definition) is 0. The average molecular weight is 455 g/mol. The maximum Gasteiger partial charge on any atom is 4.00 e. The van der Waals surface area contributed by atoms with E-state index in [1.807, 2.05) is 0 Å². The molecule has 3 heteroatoms. The number of benzene rings is 1. The minimum absolute atomic E-state index is 0. The molecule has 0 saturated carbocycles. The zero-order chi connectivity index (χ0) is 16.1. The van der Waals surface area contributed by atoms with Crippen LogP contribution in [-0.2, 0) is 26.2 Å². The van der Waals surface area contributed by atoms with Gasteiger partial charge in [0, 0.05) is 0 Å². The number of rotatable bonds is 3. The monoisotopic (exact) mass is 452 g/mol. The molecule has 0 N–H and O–H groups in total. The molecule has 0 radical (unpaired) electrons. The van der Waals surface area contributed by atoms with Gasteiger partial charge in [-0.25, -0.2) is 17.7 Å². The van der Waals surface area contributed by atoms with Crippen molar-refractivity contribution in [3.05, 3.63) is 64.3 Å². The van der Waals surface area contributed by atoms with Crippen LogP contribution in [0, 0.1) is 26.8 Å². The van der Waals surface area contributed by atoms with Gasteiger partial charge in [0.1, 0.15) is 0 Å². The Hall–Kier alpha value is -0.227. The second kappa shape index (κ2) is 13.0. The standard InChI is InChI=1S/C12H13.C10H15.2ClH.Zr/c1-8-4-10(3)12-7-9(2)6-11(12)5-8;1-3-4-5-10-7-6-9(2)8-10;;;/h4-7H,1-3H3;6H,3-5,7H2,1-2H3;2*1H;/q2*-1;;;+4/p-2. The van der Waals surface area contributed by atoms with Crippen LogP contribution in [0.5, 0.6) is 0 Å². The molecule has 0 aliphatic heterocycles. The molecular weight excluding hydrogens is 426 g/mol. The summed E-state index contributed by atoms with van der Waals surface area (Å²) >= 11 is 0. The van der Waals surface area contributed by atoms with Crippen LogP contribution in [0.15, 0.2) is 41.5 Å². The first-order valence-electron chi connectivity index (χ1n) is 8.42. The summed E-state index contributed by atoms with van der Waals surface area (Å²) in [6.45, 7) is 10.8. The molecule has 25 heavy (non-hydrogen) atoms. The minimum Gasteiger partial charge on any atom is -1.00 e. The van der Waals surface area contributed by atoms with E-state index in [1.54, 1.807) is 0 Å². The number of allylic oxidation sites excluding steroid dienone is 4. The van der Waals surface area contributed by atoms with E-state index >= 15 is 0 Å². The van der Waals surface area contributed by atoms with Gasteiger partial charge in [0.05, 0.1) is 0 Å². The van der Waals surface area contributed by atoms with Crippen molar-refractivity contribution in [2.24, 2.45) is 0 Å². The van der Waals surface area contributed by atoms with Crippen molar-refractivity contribution in [3.8, 4) is 0 Å². The summed E-state index contributed by atoms with van der Waals surface area (Å²) < 4.78 is 0. The summed E-state index contributed by atoms with van der Waals surface area (Å²) in [5.41, 5.74) is 6.92. The summed E-state index contributed by atoms with van der Waals surface area (Å²) in [7, 11) is 0. The fourth-order valence-electron chi connectivity index (χ4n) is 3.05. The zero-order valence-electron chi connectivity index (χ0n) is 16.0. The van der Waals surface area contributed by atoms with Crippen molar-refractivity contribution in [2.75, 3.05) is 0 Å². The Kier molecular flexibility index (Phi) is 14.1. The van der Waals surface area contributed by atoms with Gasteiger partial charge in [0.25, 0.3) is 0 Å². The number of unbranched alkanes of at least 4 members (excludes halogenated alkanes) is 1. The SMILES string of the molecule is CCCCC1=[C-]C(C)=CC1.Cc1cc(C)c2cc(C)[cH-]c2c1.[Cl-].[Cl-].[Zr+4]. The normalized spacial score (nSPS) is 12.0. The molecule has 0 bridgehead atoms. The van der Waals surface area contributed by atoms with Gasteiger partial charge in [0.15, 0.2) is 0 Å². The zero-order valence-corrected chi connectivity index (χ0v) is 19.9. The van der Waals surface area contributed by atoms with Crippen molar-refractivity contribution in [1.82, 2.24) is 0 Å². The average Bonchev–Trinajstić information content (AvgIpc) is 3.02. The molecule has 0 amide bonds. The fourth-order valence-corrected chi connectivity index (χ4v) is 3.05. The number of halogens is 2. The Bertz CT molecular complexity index is 708. The first kappa shape index (κ1) is 27.0. The van der Waals surface area contributed by atoms with Gasteiger partial charge < -0.3 is 24.8 Å². The predicted molar refractivity (Wildman–Crippen MR) is 98.4 cm³/mol. The molecule has 134 valence electrons. The molecule has 0 unspecified atom stereocenters. The van der Waals surface area contributed by atoms with Crippen molar-refractivity contribution in [2.45, 2.75) is 60.3 Å². The van der Waals surface area contributed by atoms with Gasteiger partial charge in [-0.2, -0.15) is 11.6 Å². The summed E-state index contributed by atoms with van der Waals surface area (Å²) in [5.74, 6) is 0. The molecule has 0 saturated heterocycles. The Morgan fingerprint density at radius 3 is 2.28 bits per heavy atom. The van der Waals surface area contributed by atoms with Crippen molar-refractivity contribution in [1.29, 1.82) is 0 Å². The van der Waals surface area contributed by atoms with Crippen molar-refractivity contribution in [3.63, 3.8) is 0 Å². The van der Waals surface area contributed by atoms with E-state index in [0.717, 1.165) is 6.42 Å². The molecular formula is C22H28Cl2Zr. The predicted octanol–water partition coefficient (Wildman–Crippen LogP) is 0.746. The van der Waals surface area contributed by atoms with E-state index < -0.39 is 0 Å². The molecule has 0 fully saturated rings. The molecule has 0 nitrogen and oxygen atoms in total. The third-order valence-corrected chi connectivity index (χ3v) is 4.18. The number of aryl methyl sites for hydroxylation is 3. The largest absolute Gasteiger partial charge is 4.00 e. The van der Waals surface area contributed by atoms with E-state index in [0.29, 0.717) is 0 Å². The van der Waals surface area contributed by atoms with Crippen molar-refractivity contribution >= 4 is 10.8 Å². The fraction of sp³-hybridized carbons (Fsp3) is 0.409. The third-order valence-electron chi connectivity index (χ3n) is 4.18. The molecule has 3 rings (SSSR count). The molecule has 1 aliphatic rings. The van der Waals surface area contributed by atoms with Gasteiger partial charge >= 0.3 is 26.2 Å². The molecule has 0 heterocycles. The van der Waals surface area contributed by atoms with E-state index in [9.17, 15) is 0 Å². The van der Waals surface area contributed by atoms with Crippen LogP contribution < -0.4 is 24.8 Å². The Morgan fingerprint density at radius 2 is 1.72 bits per heavy atom. The Balaban J connectivity index is 0. The van der Waals surface area contributed by atoms with Gasteiger partial charge in [0.2, 0.25) is 0 Å². The molecule has 1 aliphatic carbocycles. The van der Waals surface area contributed by atoms with E-state index in [2.05, 4.69) is 71.0 Å². The van der Waals surface area contributed by atoms with Gasteiger partial charge in [-0.3, -0.25) is 0 Å². The van der Waals surface area contributed by atoms with Crippen LogP contribution in [-0.4, -0.2) is 0 Å². The first-order valence-corrected chi connectivity index (χ1v) is 8.42. The quantitative estimate of drug-likeness (QED) is 0.601. The van der Waals surface area contributed by atoms with Gasteiger partial charge in [-0.15, -0.1) is 28.5 Å². The molecule has 2 aromatic rings. The van der Waals surface area contributed by atoms with Crippen LogP contribution in [0.2, 0.25) is 0 Å². The van der Waals surface area contributed by atoms with E-state index in [4.69, 9.17) is 0 Å². The Labute approximate surface area is 185 Å². The number of fused-ring (bicyclic) bond motifs is 1. The van der Waals surface area contributed by atoms with Crippen LogP contribution >= 0.6 is 0 Å². The first-order chi connectivity index (χ1) is 10.5. The number of hydrogen-bond acceptors (Lipinski definition) is 0. The molecule has 0 atom stereocenters. The van der Waals surface area contributed by atoms with Crippen molar-refractivity contribution < 1.29 is 51.0 Å². The van der Waals surface area contributed by atoms with Crippen LogP contribution in [0.1, 0.15) is 56.2 Å². The summed E-state index contributed by atoms with van der Waals surface area (Å²) in [5, 5.41) is 2.78. The van der Waals surface area contributed by atoms with Crippen LogP contribution in [0.4, 0.5) is 0 Å². The molecule has 0 aromatic heterocycles. The second-order valence-electron chi connectivity index (χ2n) is 6.54. The maximum absolute atomic E-state index is 3.37.